The highest BCUT2D eigenvalue weighted by atomic mass is 15.2. The Morgan fingerprint density at radius 2 is 1.83 bits per heavy atom. The summed E-state index contributed by atoms with van der Waals surface area (Å²) < 4.78 is 0. The maximum atomic E-state index is 5.78. The van der Waals surface area contributed by atoms with Crippen molar-refractivity contribution in [1.29, 1.82) is 0 Å². The van der Waals surface area contributed by atoms with Crippen LogP contribution in [0.1, 0.15) is 62.1 Å². The molecule has 18 heavy (non-hydrogen) atoms. The summed E-state index contributed by atoms with van der Waals surface area (Å²) in [6.45, 7) is 2.17. The summed E-state index contributed by atoms with van der Waals surface area (Å²) in [7, 11) is 0. The molecular formula is C16H26N2. The van der Waals surface area contributed by atoms with Crippen molar-refractivity contribution >= 4 is 0 Å². The summed E-state index contributed by atoms with van der Waals surface area (Å²) in [4.78, 5) is 0. The first kappa shape index (κ1) is 13.6. The van der Waals surface area contributed by atoms with Gasteiger partial charge < -0.3 is 0 Å². The predicted octanol–water partition coefficient (Wildman–Crippen LogP) is 3.86. The molecule has 0 aliphatic heterocycles. The Morgan fingerprint density at radius 1 is 1.17 bits per heavy atom. The van der Waals surface area contributed by atoms with E-state index in [1.807, 2.05) is 0 Å². The Bertz CT molecular complexity index is 354. The van der Waals surface area contributed by atoms with Gasteiger partial charge in [0.05, 0.1) is 0 Å². The lowest BCUT2D eigenvalue weighted by atomic mass is 9.88. The Morgan fingerprint density at radius 3 is 2.44 bits per heavy atom. The van der Waals surface area contributed by atoms with Crippen LogP contribution in [-0.4, -0.2) is 0 Å². The van der Waals surface area contributed by atoms with Gasteiger partial charge in [-0.25, -0.2) is 0 Å². The summed E-state index contributed by atoms with van der Waals surface area (Å²) >= 11 is 0. The molecule has 0 amide bonds. The number of nitrogens with two attached hydrogens (primary N) is 1. The van der Waals surface area contributed by atoms with E-state index >= 15 is 0 Å². The molecule has 2 nitrogen and oxygen atoms in total. The van der Waals surface area contributed by atoms with E-state index in [0.717, 1.165) is 5.92 Å². The van der Waals surface area contributed by atoms with Crippen molar-refractivity contribution in [2.45, 2.75) is 57.9 Å². The Hall–Kier alpha value is -0.860. The van der Waals surface area contributed by atoms with Crippen LogP contribution in [-0.2, 0) is 0 Å². The minimum absolute atomic E-state index is 0.314. The second-order valence-corrected chi connectivity index (χ2v) is 5.67. The molecule has 1 aromatic rings. The number of aryl methyl sites for hydroxylation is 1. The molecule has 0 heterocycles. The minimum atomic E-state index is 0.314. The molecule has 0 aromatic heterocycles. The number of nitrogens with one attached hydrogen (secondary N) is 1. The van der Waals surface area contributed by atoms with Crippen molar-refractivity contribution in [3.63, 3.8) is 0 Å². The van der Waals surface area contributed by atoms with Crippen LogP contribution in [0.15, 0.2) is 24.3 Å². The highest BCUT2D eigenvalue weighted by Crippen LogP contribution is 2.31. The van der Waals surface area contributed by atoms with E-state index in [2.05, 4.69) is 36.6 Å². The number of rotatable bonds is 4. The Balaban J connectivity index is 2.02. The van der Waals surface area contributed by atoms with Crippen LogP contribution >= 0.6 is 0 Å². The van der Waals surface area contributed by atoms with Crippen LogP contribution < -0.4 is 11.3 Å². The van der Waals surface area contributed by atoms with Crippen molar-refractivity contribution in [2.75, 3.05) is 0 Å². The van der Waals surface area contributed by atoms with Gasteiger partial charge in [-0.2, -0.15) is 0 Å². The van der Waals surface area contributed by atoms with Gasteiger partial charge in [0, 0.05) is 6.04 Å². The van der Waals surface area contributed by atoms with E-state index in [1.165, 1.54) is 56.1 Å². The van der Waals surface area contributed by atoms with E-state index in [1.54, 1.807) is 0 Å². The molecule has 1 saturated carbocycles. The molecule has 100 valence electrons. The largest absolute Gasteiger partial charge is 0.271 e. The van der Waals surface area contributed by atoms with Crippen LogP contribution in [0.3, 0.4) is 0 Å². The minimum Gasteiger partial charge on any atom is -0.271 e. The molecule has 1 fully saturated rings. The van der Waals surface area contributed by atoms with Gasteiger partial charge in [-0.15, -0.1) is 0 Å². The van der Waals surface area contributed by atoms with Gasteiger partial charge >= 0.3 is 0 Å². The third kappa shape index (κ3) is 3.56. The normalized spacial score (nSPS) is 19.4. The van der Waals surface area contributed by atoms with Gasteiger partial charge in [0.15, 0.2) is 0 Å². The second kappa shape index (κ2) is 6.91. The summed E-state index contributed by atoms with van der Waals surface area (Å²) in [6, 6.07) is 8.90. The summed E-state index contributed by atoms with van der Waals surface area (Å²) in [5.74, 6) is 6.62. The number of hydrazine groups is 1. The third-order valence-corrected chi connectivity index (χ3v) is 4.31. The highest BCUT2D eigenvalue weighted by Gasteiger charge is 2.19. The van der Waals surface area contributed by atoms with E-state index < -0.39 is 0 Å². The fourth-order valence-electron chi connectivity index (χ4n) is 3.20. The molecule has 1 atom stereocenters. The first-order valence-electron chi connectivity index (χ1n) is 7.33. The van der Waals surface area contributed by atoms with Crippen LogP contribution in [0.4, 0.5) is 0 Å². The molecule has 3 N–H and O–H groups in total. The maximum absolute atomic E-state index is 5.78. The molecule has 1 aromatic carbocycles. The molecule has 0 saturated heterocycles. The SMILES string of the molecule is Cc1ccccc1C(CC1CCCCCC1)NN. The van der Waals surface area contributed by atoms with Crippen molar-refractivity contribution in [3.05, 3.63) is 35.4 Å². The predicted molar refractivity (Wildman–Crippen MR) is 77.1 cm³/mol. The molecule has 2 rings (SSSR count). The topological polar surface area (TPSA) is 38.0 Å². The number of benzene rings is 1. The van der Waals surface area contributed by atoms with Gasteiger partial charge in [-0.05, 0) is 30.4 Å². The average Bonchev–Trinajstić information content (AvgIpc) is 2.65. The van der Waals surface area contributed by atoms with Gasteiger partial charge in [-0.3, -0.25) is 11.3 Å². The first-order chi connectivity index (χ1) is 8.81. The Labute approximate surface area is 111 Å². The lowest BCUT2D eigenvalue weighted by molar-refractivity contribution is 0.358. The monoisotopic (exact) mass is 246 g/mol. The molecule has 1 aliphatic carbocycles. The third-order valence-electron chi connectivity index (χ3n) is 4.31. The molecular weight excluding hydrogens is 220 g/mol. The van der Waals surface area contributed by atoms with E-state index in [-0.39, 0.29) is 0 Å². The van der Waals surface area contributed by atoms with Crippen molar-refractivity contribution < 1.29 is 0 Å². The summed E-state index contributed by atoms with van der Waals surface area (Å²) in [6.07, 6.45) is 9.57. The van der Waals surface area contributed by atoms with Crippen LogP contribution in [0, 0.1) is 12.8 Å². The summed E-state index contributed by atoms with van der Waals surface area (Å²) in [5, 5.41) is 0. The van der Waals surface area contributed by atoms with Gasteiger partial charge in [-0.1, -0.05) is 62.8 Å². The van der Waals surface area contributed by atoms with Crippen LogP contribution in [0.2, 0.25) is 0 Å². The molecule has 0 radical (unpaired) electrons. The molecule has 0 spiro atoms. The van der Waals surface area contributed by atoms with Crippen LogP contribution in [0.5, 0.6) is 0 Å². The molecule has 0 bridgehead atoms. The second-order valence-electron chi connectivity index (χ2n) is 5.67. The molecule has 2 heteroatoms. The number of hydrogen-bond donors (Lipinski definition) is 2. The van der Waals surface area contributed by atoms with Gasteiger partial charge in [0.2, 0.25) is 0 Å². The highest BCUT2D eigenvalue weighted by molar-refractivity contribution is 5.28. The lowest BCUT2D eigenvalue weighted by Crippen LogP contribution is -2.30. The Kier molecular flexibility index (Phi) is 5.21. The maximum Gasteiger partial charge on any atom is 0.0465 e. The summed E-state index contributed by atoms with van der Waals surface area (Å²) in [5.41, 5.74) is 5.73. The standard InChI is InChI=1S/C16H26N2/c1-13-8-6-7-11-15(13)16(18-17)12-14-9-4-2-3-5-10-14/h6-8,11,14,16,18H,2-5,9-10,12,17H2,1H3. The zero-order chi connectivity index (χ0) is 12.8. The van der Waals surface area contributed by atoms with Crippen molar-refractivity contribution in [1.82, 2.24) is 5.43 Å². The zero-order valence-corrected chi connectivity index (χ0v) is 11.5. The van der Waals surface area contributed by atoms with E-state index in [9.17, 15) is 0 Å². The fraction of sp³-hybridized carbons (Fsp3) is 0.625. The fourth-order valence-corrected chi connectivity index (χ4v) is 3.20. The number of hydrogen-bond acceptors (Lipinski definition) is 2. The lowest BCUT2D eigenvalue weighted by Gasteiger charge is -2.23. The van der Waals surface area contributed by atoms with Gasteiger partial charge in [0.1, 0.15) is 0 Å². The molecule has 1 unspecified atom stereocenters. The van der Waals surface area contributed by atoms with Crippen LogP contribution in [0.25, 0.3) is 0 Å². The molecule has 1 aliphatic rings. The van der Waals surface area contributed by atoms with E-state index in [0.29, 0.717) is 6.04 Å². The van der Waals surface area contributed by atoms with Crippen molar-refractivity contribution in [2.24, 2.45) is 11.8 Å². The van der Waals surface area contributed by atoms with Gasteiger partial charge in [0.25, 0.3) is 0 Å². The average molecular weight is 246 g/mol. The first-order valence-corrected chi connectivity index (χ1v) is 7.33. The van der Waals surface area contributed by atoms with E-state index in [4.69, 9.17) is 5.84 Å². The zero-order valence-electron chi connectivity index (χ0n) is 11.5. The smallest absolute Gasteiger partial charge is 0.0465 e. The quantitative estimate of drug-likeness (QED) is 0.481. The van der Waals surface area contributed by atoms with Crippen molar-refractivity contribution in [3.8, 4) is 0 Å².